The summed E-state index contributed by atoms with van der Waals surface area (Å²) in [7, 11) is 1.30. The number of rotatable bonds is 4. The highest BCUT2D eigenvalue weighted by molar-refractivity contribution is 5.86. The van der Waals surface area contributed by atoms with E-state index < -0.39 is 5.97 Å². The van der Waals surface area contributed by atoms with Crippen LogP contribution in [0.4, 0.5) is 10.2 Å². The smallest absolute Gasteiger partial charge is 0.358 e. The quantitative estimate of drug-likeness (QED) is 0.875. The number of anilines is 1. The first kappa shape index (κ1) is 13.5. The van der Waals surface area contributed by atoms with Crippen molar-refractivity contribution in [2.24, 2.45) is 0 Å². The molecule has 1 aliphatic rings. The first-order valence-electron chi connectivity index (χ1n) is 6.61. The number of halogens is 1. The van der Waals surface area contributed by atoms with Gasteiger partial charge in [0.1, 0.15) is 11.6 Å². The van der Waals surface area contributed by atoms with E-state index in [1.807, 2.05) is 0 Å². The van der Waals surface area contributed by atoms with Crippen LogP contribution in [-0.2, 0) is 4.74 Å². The van der Waals surface area contributed by atoms with Crippen LogP contribution in [0, 0.1) is 5.82 Å². The van der Waals surface area contributed by atoms with Gasteiger partial charge >= 0.3 is 5.97 Å². The molecule has 1 fully saturated rings. The van der Waals surface area contributed by atoms with Gasteiger partial charge in [-0.3, -0.25) is 0 Å². The number of carbonyl (C=O) groups excluding carboxylic acids is 1. The molecule has 0 spiro atoms. The van der Waals surface area contributed by atoms with E-state index in [1.165, 1.54) is 19.2 Å². The highest BCUT2D eigenvalue weighted by Gasteiger charge is 2.38. The van der Waals surface area contributed by atoms with Gasteiger partial charge in [0.15, 0.2) is 5.69 Å². The number of ether oxygens (including phenoxy) is 1. The molecule has 1 saturated carbocycles. The topological polar surface area (TPSA) is 64.1 Å². The molecule has 3 rings (SSSR count). The van der Waals surface area contributed by atoms with Gasteiger partial charge in [-0.25, -0.2) is 9.18 Å². The summed E-state index contributed by atoms with van der Waals surface area (Å²) in [6.45, 7) is 0. The average Bonchev–Trinajstić information content (AvgIpc) is 3.27. The van der Waals surface area contributed by atoms with Crippen molar-refractivity contribution >= 4 is 11.8 Å². The lowest BCUT2D eigenvalue weighted by Gasteiger charge is -2.05. The fourth-order valence-electron chi connectivity index (χ4n) is 2.25. The largest absolute Gasteiger partial charge is 0.464 e. The number of aromatic nitrogens is 2. The Bertz CT molecular complexity index is 643. The molecule has 21 heavy (non-hydrogen) atoms. The van der Waals surface area contributed by atoms with Crippen molar-refractivity contribution in [1.82, 2.24) is 10.2 Å². The standard InChI is InChI=1S/C15H14FN3O2/c1-21-15(20)12-6-7-14(19-18-12)17-13-8-11(13)9-2-4-10(16)5-3-9/h2-7,11,13H,8H2,1H3,(H,17,19)/t11-,13+/m0/s1. The Kier molecular flexibility index (Phi) is 3.51. The zero-order valence-electron chi connectivity index (χ0n) is 11.4. The number of esters is 1. The Morgan fingerprint density at radius 2 is 2.00 bits per heavy atom. The Labute approximate surface area is 121 Å². The molecule has 1 aliphatic carbocycles. The van der Waals surface area contributed by atoms with Crippen molar-refractivity contribution in [2.45, 2.75) is 18.4 Å². The molecule has 108 valence electrons. The Morgan fingerprint density at radius 3 is 2.62 bits per heavy atom. The molecule has 0 aliphatic heterocycles. The highest BCUT2D eigenvalue weighted by Crippen LogP contribution is 2.42. The van der Waals surface area contributed by atoms with Crippen LogP contribution >= 0.6 is 0 Å². The lowest BCUT2D eigenvalue weighted by Crippen LogP contribution is -2.10. The minimum Gasteiger partial charge on any atom is -0.464 e. The van der Waals surface area contributed by atoms with Crippen molar-refractivity contribution < 1.29 is 13.9 Å². The minimum atomic E-state index is -0.510. The third-order valence-electron chi connectivity index (χ3n) is 3.48. The molecule has 1 heterocycles. The van der Waals surface area contributed by atoms with Gasteiger partial charge in [0, 0.05) is 12.0 Å². The lowest BCUT2D eigenvalue weighted by molar-refractivity contribution is 0.0593. The van der Waals surface area contributed by atoms with Crippen molar-refractivity contribution in [3.63, 3.8) is 0 Å². The summed E-state index contributed by atoms with van der Waals surface area (Å²) in [6.07, 6.45) is 0.964. The fourth-order valence-corrected chi connectivity index (χ4v) is 2.25. The van der Waals surface area contributed by atoms with Crippen molar-refractivity contribution in [1.29, 1.82) is 0 Å². The van der Waals surface area contributed by atoms with Crippen LogP contribution in [0.15, 0.2) is 36.4 Å². The van der Waals surface area contributed by atoms with Crippen molar-refractivity contribution in [2.75, 3.05) is 12.4 Å². The fraction of sp³-hybridized carbons (Fsp3) is 0.267. The zero-order chi connectivity index (χ0) is 14.8. The third-order valence-corrected chi connectivity index (χ3v) is 3.48. The number of carbonyl (C=O) groups is 1. The molecular weight excluding hydrogens is 273 g/mol. The predicted octanol–water partition coefficient (Wildman–Crippen LogP) is 2.37. The number of hydrogen-bond donors (Lipinski definition) is 1. The number of hydrogen-bond acceptors (Lipinski definition) is 5. The second kappa shape index (κ2) is 5.47. The monoisotopic (exact) mass is 287 g/mol. The van der Waals surface area contributed by atoms with Gasteiger partial charge in [-0.2, -0.15) is 0 Å². The van der Waals surface area contributed by atoms with E-state index in [4.69, 9.17) is 0 Å². The average molecular weight is 287 g/mol. The number of nitrogens with zero attached hydrogens (tertiary/aromatic N) is 2. The molecule has 6 heteroatoms. The second-order valence-electron chi connectivity index (χ2n) is 4.94. The Morgan fingerprint density at radius 1 is 1.24 bits per heavy atom. The van der Waals surface area contributed by atoms with E-state index in [0.717, 1.165) is 12.0 Å². The molecule has 5 nitrogen and oxygen atoms in total. The van der Waals surface area contributed by atoms with Crippen LogP contribution in [0.5, 0.6) is 0 Å². The van der Waals surface area contributed by atoms with E-state index in [0.29, 0.717) is 11.7 Å². The first-order chi connectivity index (χ1) is 10.2. The molecule has 0 radical (unpaired) electrons. The lowest BCUT2D eigenvalue weighted by atomic mass is 10.1. The first-order valence-corrected chi connectivity index (χ1v) is 6.61. The van der Waals surface area contributed by atoms with E-state index in [9.17, 15) is 9.18 Å². The van der Waals surface area contributed by atoms with Crippen LogP contribution in [0.1, 0.15) is 28.4 Å². The van der Waals surface area contributed by atoms with Gasteiger partial charge in [0.25, 0.3) is 0 Å². The Balaban J connectivity index is 1.61. The molecule has 0 amide bonds. The van der Waals surface area contributed by atoms with E-state index in [-0.39, 0.29) is 17.6 Å². The van der Waals surface area contributed by atoms with Crippen LogP contribution in [0.2, 0.25) is 0 Å². The summed E-state index contributed by atoms with van der Waals surface area (Å²) in [6, 6.07) is 10.1. The molecular formula is C15H14FN3O2. The van der Waals surface area contributed by atoms with Crippen LogP contribution in [0.25, 0.3) is 0 Å². The zero-order valence-corrected chi connectivity index (χ0v) is 11.4. The maximum atomic E-state index is 12.9. The summed E-state index contributed by atoms with van der Waals surface area (Å²) in [4.78, 5) is 11.2. The maximum absolute atomic E-state index is 12.9. The van der Waals surface area contributed by atoms with Gasteiger partial charge < -0.3 is 10.1 Å². The Hall–Kier alpha value is -2.50. The number of methoxy groups -OCH3 is 1. The summed E-state index contributed by atoms with van der Waals surface area (Å²) < 4.78 is 17.4. The van der Waals surface area contributed by atoms with Gasteiger partial charge in [-0.05, 0) is 36.2 Å². The molecule has 0 saturated heterocycles. The van der Waals surface area contributed by atoms with Gasteiger partial charge in [-0.1, -0.05) is 12.1 Å². The summed E-state index contributed by atoms with van der Waals surface area (Å²) in [5.74, 6) is 0.225. The number of nitrogens with one attached hydrogen (secondary N) is 1. The summed E-state index contributed by atoms with van der Waals surface area (Å²) >= 11 is 0. The molecule has 1 aromatic heterocycles. The molecule has 0 unspecified atom stereocenters. The van der Waals surface area contributed by atoms with Crippen molar-refractivity contribution in [3.8, 4) is 0 Å². The van der Waals surface area contributed by atoms with E-state index >= 15 is 0 Å². The molecule has 1 aromatic carbocycles. The van der Waals surface area contributed by atoms with Gasteiger partial charge in [-0.15, -0.1) is 10.2 Å². The van der Waals surface area contributed by atoms with Gasteiger partial charge in [0.2, 0.25) is 0 Å². The predicted molar refractivity (Wildman–Crippen MR) is 74.5 cm³/mol. The number of benzene rings is 1. The minimum absolute atomic E-state index is 0.175. The third kappa shape index (κ3) is 2.99. The second-order valence-corrected chi connectivity index (χ2v) is 4.94. The van der Waals surface area contributed by atoms with Crippen LogP contribution < -0.4 is 5.32 Å². The highest BCUT2D eigenvalue weighted by atomic mass is 19.1. The molecule has 2 atom stereocenters. The molecule has 1 N–H and O–H groups in total. The van der Waals surface area contributed by atoms with E-state index in [2.05, 4.69) is 20.3 Å². The van der Waals surface area contributed by atoms with Crippen molar-refractivity contribution in [3.05, 3.63) is 53.5 Å². The van der Waals surface area contributed by atoms with E-state index in [1.54, 1.807) is 24.3 Å². The van der Waals surface area contributed by atoms with Gasteiger partial charge in [0.05, 0.1) is 7.11 Å². The summed E-state index contributed by atoms with van der Waals surface area (Å²) in [5, 5.41) is 11.0. The SMILES string of the molecule is COC(=O)c1ccc(N[C@@H]2C[C@H]2c2ccc(F)cc2)nn1. The molecule has 2 aromatic rings. The maximum Gasteiger partial charge on any atom is 0.358 e. The normalized spacial score (nSPS) is 19.9. The molecule has 0 bridgehead atoms. The summed E-state index contributed by atoms with van der Waals surface area (Å²) in [5.41, 5.74) is 1.28. The van der Waals surface area contributed by atoms with Crippen LogP contribution in [-0.4, -0.2) is 29.3 Å². The van der Waals surface area contributed by atoms with Crippen LogP contribution in [0.3, 0.4) is 0 Å².